The Hall–Kier alpha value is -2.59. The number of nitrogens with zero attached hydrogens (tertiary/aromatic N) is 3. The number of aromatic nitrogens is 2. The smallest absolute Gasteiger partial charge is 0.246 e. The second kappa shape index (κ2) is 6.13. The van der Waals surface area contributed by atoms with Crippen molar-refractivity contribution in [2.75, 3.05) is 6.54 Å². The van der Waals surface area contributed by atoms with Gasteiger partial charge in [0.15, 0.2) is 5.15 Å². The van der Waals surface area contributed by atoms with Gasteiger partial charge in [-0.25, -0.2) is 4.98 Å². The lowest BCUT2D eigenvalue weighted by Crippen LogP contribution is -2.34. The molecule has 24 heavy (non-hydrogen) atoms. The molecule has 5 heteroatoms. The highest BCUT2D eigenvalue weighted by molar-refractivity contribution is 6.31. The monoisotopic (exact) mass is 337 g/mol. The predicted molar refractivity (Wildman–Crippen MR) is 94.8 cm³/mol. The SMILES string of the molecule is O=C(C=Cc1c(Cl)nc2ccccn12)N1CCc2ccccc2C1. The van der Waals surface area contributed by atoms with Gasteiger partial charge < -0.3 is 4.90 Å². The molecule has 1 aliphatic rings. The molecule has 0 radical (unpaired) electrons. The molecule has 0 N–H and O–H groups in total. The molecule has 120 valence electrons. The van der Waals surface area contributed by atoms with Crippen LogP contribution in [0.25, 0.3) is 11.7 Å². The summed E-state index contributed by atoms with van der Waals surface area (Å²) in [6.07, 6.45) is 6.10. The molecule has 0 atom stereocenters. The van der Waals surface area contributed by atoms with Crippen LogP contribution in [0.15, 0.2) is 54.7 Å². The van der Waals surface area contributed by atoms with Crippen LogP contribution in [0.4, 0.5) is 0 Å². The van der Waals surface area contributed by atoms with Gasteiger partial charge in [-0.3, -0.25) is 9.20 Å². The summed E-state index contributed by atoms with van der Waals surface area (Å²) < 4.78 is 1.87. The Morgan fingerprint density at radius 2 is 1.92 bits per heavy atom. The molecule has 4 rings (SSSR count). The van der Waals surface area contributed by atoms with Crippen molar-refractivity contribution < 1.29 is 4.79 Å². The van der Waals surface area contributed by atoms with Gasteiger partial charge in [-0.2, -0.15) is 0 Å². The third-order valence-corrected chi connectivity index (χ3v) is 4.63. The van der Waals surface area contributed by atoms with Crippen LogP contribution in [0.3, 0.4) is 0 Å². The average molecular weight is 338 g/mol. The molecule has 3 heterocycles. The van der Waals surface area contributed by atoms with Gasteiger partial charge in [-0.15, -0.1) is 0 Å². The van der Waals surface area contributed by atoms with Gasteiger partial charge >= 0.3 is 0 Å². The molecule has 0 fully saturated rings. The number of carbonyl (C=O) groups is 1. The fraction of sp³-hybridized carbons (Fsp3) is 0.158. The summed E-state index contributed by atoms with van der Waals surface area (Å²) in [6, 6.07) is 14.0. The van der Waals surface area contributed by atoms with Gasteiger partial charge in [0.25, 0.3) is 0 Å². The number of pyridine rings is 1. The van der Waals surface area contributed by atoms with E-state index in [1.165, 1.54) is 11.1 Å². The second-order valence-corrected chi connectivity index (χ2v) is 6.19. The summed E-state index contributed by atoms with van der Waals surface area (Å²) >= 11 is 6.20. The molecule has 1 amide bonds. The van der Waals surface area contributed by atoms with E-state index >= 15 is 0 Å². The molecule has 3 aromatic rings. The normalized spacial score (nSPS) is 14.3. The van der Waals surface area contributed by atoms with Crippen molar-refractivity contribution in [2.24, 2.45) is 0 Å². The number of fused-ring (bicyclic) bond motifs is 2. The lowest BCUT2D eigenvalue weighted by Gasteiger charge is -2.27. The first kappa shape index (κ1) is 15.0. The topological polar surface area (TPSA) is 37.6 Å². The minimum Gasteiger partial charge on any atom is -0.334 e. The summed E-state index contributed by atoms with van der Waals surface area (Å²) in [5.74, 6) is -0.00792. The zero-order valence-electron chi connectivity index (χ0n) is 13.0. The summed E-state index contributed by atoms with van der Waals surface area (Å²) in [7, 11) is 0. The third kappa shape index (κ3) is 2.69. The largest absolute Gasteiger partial charge is 0.334 e. The van der Waals surface area contributed by atoms with Gasteiger partial charge in [-0.1, -0.05) is 41.9 Å². The number of hydrogen-bond donors (Lipinski definition) is 0. The zero-order valence-corrected chi connectivity index (χ0v) is 13.8. The molecule has 1 aliphatic heterocycles. The van der Waals surface area contributed by atoms with E-state index in [-0.39, 0.29) is 5.91 Å². The maximum atomic E-state index is 12.5. The van der Waals surface area contributed by atoms with Gasteiger partial charge in [-0.05, 0) is 35.8 Å². The number of imidazole rings is 1. The Bertz CT molecular complexity index is 945. The quantitative estimate of drug-likeness (QED) is 0.670. The molecule has 2 aromatic heterocycles. The highest BCUT2D eigenvalue weighted by Crippen LogP contribution is 2.21. The molecule has 0 aliphatic carbocycles. The summed E-state index contributed by atoms with van der Waals surface area (Å²) in [6.45, 7) is 1.39. The van der Waals surface area contributed by atoms with Gasteiger partial charge in [0, 0.05) is 25.4 Å². The van der Waals surface area contributed by atoms with E-state index < -0.39 is 0 Å². The first-order chi connectivity index (χ1) is 11.7. The van der Waals surface area contributed by atoms with E-state index in [4.69, 9.17) is 11.6 Å². The van der Waals surface area contributed by atoms with Crippen molar-refractivity contribution in [3.63, 3.8) is 0 Å². The van der Waals surface area contributed by atoms with E-state index in [9.17, 15) is 4.79 Å². The number of hydrogen-bond acceptors (Lipinski definition) is 2. The maximum absolute atomic E-state index is 12.5. The Morgan fingerprint density at radius 3 is 2.79 bits per heavy atom. The first-order valence-electron chi connectivity index (χ1n) is 7.89. The van der Waals surface area contributed by atoms with Crippen LogP contribution in [0, 0.1) is 0 Å². The lowest BCUT2D eigenvalue weighted by molar-refractivity contribution is -0.126. The Morgan fingerprint density at radius 1 is 1.12 bits per heavy atom. The number of rotatable bonds is 2. The minimum absolute atomic E-state index is 0.00792. The lowest BCUT2D eigenvalue weighted by atomic mass is 10.00. The number of benzene rings is 1. The Balaban J connectivity index is 1.56. The standard InChI is InChI=1S/C19H16ClN3O/c20-19-16(23-11-4-3-7-17(23)21-19)8-9-18(24)22-12-10-14-5-1-2-6-15(14)13-22/h1-9,11H,10,12-13H2. The summed E-state index contributed by atoms with van der Waals surface area (Å²) in [5, 5.41) is 0.397. The van der Waals surface area contributed by atoms with Crippen LogP contribution in [0.1, 0.15) is 16.8 Å². The van der Waals surface area contributed by atoms with Crippen molar-refractivity contribution in [1.82, 2.24) is 14.3 Å². The molecule has 0 bridgehead atoms. The van der Waals surface area contributed by atoms with Crippen molar-refractivity contribution in [1.29, 1.82) is 0 Å². The highest BCUT2D eigenvalue weighted by atomic mass is 35.5. The average Bonchev–Trinajstić information content (AvgIpc) is 2.94. The molecule has 4 nitrogen and oxygen atoms in total. The molecular formula is C19H16ClN3O. The van der Waals surface area contributed by atoms with E-state index in [2.05, 4.69) is 17.1 Å². The molecular weight excluding hydrogens is 322 g/mol. The Kier molecular flexibility index (Phi) is 3.82. The van der Waals surface area contributed by atoms with Crippen LogP contribution < -0.4 is 0 Å². The number of carbonyl (C=O) groups excluding carboxylic acids is 1. The highest BCUT2D eigenvalue weighted by Gasteiger charge is 2.18. The Labute approximate surface area is 145 Å². The predicted octanol–water partition coefficient (Wildman–Crippen LogP) is 3.59. The summed E-state index contributed by atoms with van der Waals surface area (Å²) in [4.78, 5) is 18.7. The minimum atomic E-state index is -0.00792. The first-order valence-corrected chi connectivity index (χ1v) is 8.26. The zero-order chi connectivity index (χ0) is 16.5. The van der Waals surface area contributed by atoms with Crippen LogP contribution in [-0.4, -0.2) is 26.7 Å². The van der Waals surface area contributed by atoms with Crippen molar-refractivity contribution in [3.8, 4) is 0 Å². The van der Waals surface area contributed by atoms with Crippen LogP contribution in [0.5, 0.6) is 0 Å². The van der Waals surface area contributed by atoms with Crippen molar-refractivity contribution >= 4 is 29.2 Å². The second-order valence-electron chi connectivity index (χ2n) is 5.83. The van der Waals surface area contributed by atoms with Gasteiger partial charge in [0.05, 0.1) is 5.69 Å². The molecule has 1 aromatic carbocycles. The van der Waals surface area contributed by atoms with Crippen molar-refractivity contribution in [3.05, 3.63) is 76.7 Å². The van der Waals surface area contributed by atoms with E-state index in [0.29, 0.717) is 11.7 Å². The maximum Gasteiger partial charge on any atom is 0.246 e. The van der Waals surface area contributed by atoms with E-state index in [1.54, 1.807) is 12.2 Å². The van der Waals surface area contributed by atoms with Crippen LogP contribution >= 0.6 is 11.6 Å². The number of halogens is 1. The van der Waals surface area contributed by atoms with E-state index in [0.717, 1.165) is 24.3 Å². The fourth-order valence-electron chi connectivity index (χ4n) is 3.07. The fourth-order valence-corrected chi connectivity index (χ4v) is 3.32. The third-order valence-electron chi connectivity index (χ3n) is 4.35. The van der Waals surface area contributed by atoms with Crippen LogP contribution in [-0.2, 0) is 17.8 Å². The summed E-state index contributed by atoms with van der Waals surface area (Å²) in [5.41, 5.74) is 4.04. The molecule has 0 saturated carbocycles. The van der Waals surface area contributed by atoms with Crippen LogP contribution in [0.2, 0.25) is 5.15 Å². The van der Waals surface area contributed by atoms with Gasteiger partial charge in [0.1, 0.15) is 5.65 Å². The molecule has 0 spiro atoms. The van der Waals surface area contributed by atoms with E-state index in [1.807, 2.05) is 45.8 Å². The molecule has 0 saturated heterocycles. The van der Waals surface area contributed by atoms with Gasteiger partial charge in [0.2, 0.25) is 5.91 Å². The molecule has 0 unspecified atom stereocenters. The van der Waals surface area contributed by atoms with Crippen molar-refractivity contribution in [2.45, 2.75) is 13.0 Å². The number of amides is 1.